The molecule has 0 amide bonds. The molecule has 2 fully saturated rings. The molecule has 1 spiro atoms. The van der Waals surface area contributed by atoms with Crippen molar-refractivity contribution in [3.8, 4) is 0 Å². The fourth-order valence-corrected chi connectivity index (χ4v) is 2.94. The molecular formula is C15H32N2O. The second kappa shape index (κ2) is 7.46. The summed E-state index contributed by atoms with van der Waals surface area (Å²) in [5.74, 6) is 0. The van der Waals surface area contributed by atoms with E-state index < -0.39 is 0 Å². The van der Waals surface area contributed by atoms with E-state index in [2.05, 4.69) is 30.6 Å². The van der Waals surface area contributed by atoms with Crippen LogP contribution in [0.25, 0.3) is 0 Å². The second-order valence-corrected chi connectivity index (χ2v) is 5.53. The summed E-state index contributed by atoms with van der Waals surface area (Å²) >= 11 is 0. The van der Waals surface area contributed by atoms with Gasteiger partial charge in [0.15, 0.2) is 0 Å². The molecular weight excluding hydrogens is 224 g/mol. The van der Waals surface area contributed by atoms with Gasteiger partial charge in [-0.1, -0.05) is 20.8 Å². The number of piperidine rings is 1. The SMILES string of the molecule is CC.CCN1CCOC2(CCN(C(C)C)CC2)C1. The van der Waals surface area contributed by atoms with E-state index in [4.69, 9.17) is 4.74 Å². The van der Waals surface area contributed by atoms with Gasteiger partial charge in [-0.25, -0.2) is 0 Å². The van der Waals surface area contributed by atoms with Crippen LogP contribution in [-0.4, -0.2) is 60.8 Å². The van der Waals surface area contributed by atoms with Crippen molar-refractivity contribution in [3.63, 3.8) is 0 Å². The Morgan fingerprint density at radius 2 is 1.72 bits per heavy atom. The van der Waals surface area contributed by atoms with Crippen molar-refractivity contribution < 1.29 is 4.74 Å². The van der Waals surface area contributed by atoms with E-state index in [0.717, 1.165) is 19.7 Å². The zero-order valence-electron chi connectivity index (χ0n) is 13.0. The summed E-state index contributed by atoms with van der Waals surface area (Å²) in [5, 5.41) is 0. The predicted octanol–water partition coefficient (Wildman–Crippen LogP) is 2.61. The van der Waals surface area contributed by atoms with E-state index in [1.165, 1.54) is 32.5 Å². The maximum Gasteiger partial charge on any atom is 0.0833 e. The second-order valence-electron chi connectivity index (χ2n) is 5.53. The Labute approximate surface area is 113 Å². The van der Waals surface area contributed by atoms with Crippen molar-refractivity contribution in [3.05, 3.63) is 0 Å². The normalized spacial score (nSPS) is 25.0. The highest BCUT2D eigenvalue weighted by Gasteiger charge is 2.39. The molecule has 0 saturated carbocycles. The minimum Gasteiger partial charge on any atom is -0.372 e. The summed E-state index contributed by atoms with van der Waals surface area (Å²) in [5.41, 5.74) is 0.180. The number of hydrogen-bond acceptors (Lipinski definition) is 3. The van der Waals surface area contributed by atoms with Crippen LogP contribution in [0.5, 0.6) is 0 Å². The van der Waals surface area contributed by atoms with Gasteiger partial charge in [0.2, 0.25) is 0 Å². The van der Waals surface area contributed by atoms with Gasteiger partial charge in [-0.05, 0) is 33.2 Å². The summed E-state index contributed by atoms with van der Waals surface area (Å²) in [4.78, 5) is 5.11. The van der Waals surface area contributed by atoms with Crippen LogP contribution in [-0.2, 0) is 4.74 Å². The van der Waals surface area contributed by atoms with Crippen LogP contribution in [0.4, 0.5) is 0 Å². The number of hydrogen-bond donors (Lipinski definition) is 0. The highest BCUT2D eigenvalue weighted by atomic mass is 16.5. The third-order valence-electron chi connectivity index (χ3n) is 4.21. The van der Waals surface area contributed by atoms with E-state index in [1.54, 1.807) is 0 Å². The van der Waals surface area contributed by atoms with E-state index in [9.17, 15) is 0 Å². The number of morpholine rings is 1. The zero-order valence-corrected chi connectivity index (χ0v) is 13.0. The van der Waals surface area contributed by atoms with Gasteiger partial charge < -0.3 is 9.64 Å². The summed E-state index contributed by atoms with van der Waals surface area (Å²) in [6.45, 7) is 17.6. The lowest BCUT2D eigenvalue weighted by atomic mass is 9.89. The van der Waals surface area contributed by atoms with Gasteiger partial charge in [-0.3, -0.25) is 4.90 Å². The van der Waals surface area contributed by atoms with E-state index in [1.807, 2.05) is 13.8 Å². The number of ether oxygens (including phenoxy) is 1. The summed E-state index contributed by atoms with van der Waals surface area (Å²) in [6.07, 6.45) is 2.42. The first-order valence-electron chi connectivity index (χ1n) is 7.75. The molecule has 0 aromatic carbocycles. The van der Waals surface area contributed by atoms with E-state index >= 15 is 0 Å². The topological polar surface area (TPSA) is 15.7 Å². The lowest BCUT2D eigenvalue weighted by Gasteiger charge is -2.48. The van der Waals surface area contributed by atoms with E-state index in [-0.39, 0.29) is 5.60 Å². The first-order chi connectivity index (χ1) is 8.65. The molecule has 2 heterocycles. The third-order valence-corrected chi connectivity index (χ3v) is 4.21. The standard InChI is InChI=1S/C13H26N2O.C2H6/c1-4-14-9-10-16-13(11-14)5-7-15(8-6-13)12(2)3;1-2/h12H,4-11H2,1-3H3;1-2H3. The number of rotatable bonds is 2. The highest BCUT2D eigenvalue weighted by molar-refractivity contribution is 4.93. The van der Waals surface area contributed by atoms with Crippen molar-refractivity contribution in [1.29, 1.82) is 0 Å². The molecule has 0 aliphatic carbocycles. The summed E-state index contributed by atoms with van der Waals surface area (Å²) in [7, 11) is 0. The molecule has 2 saturated heterocycles. The number of nitrogens with zero attached hydrogens (tertiary/aromatic N) is 2. The lowest BCUT2D eigenvalue weighted by Crippen LogP contribution is -2.57. The van der Waals surface area contributed by atoms with Crippen LogP contribution in [0.1, 0.15) is 47.5 Å². The summed E-state index contributed by atoms with van der Waals surface area (Å²) in [6, 6.07) is 0.684. The van der Waals surface area contributed by atoms with Gasteiger partial charge in [0.05, 0.1) is 12.2 Å². The van der Waals surface area contributed by atoms with Crippen molar-refractivity contribution >= 4 is 0 Å². The first kappa shape index (κ1) is 15.9. The molecule has 2 aliphatic rings. The Balaban J connectivity index is 0.000000771. The summed E-state index contributed by atoms with van der Waals surface area (Å²) < 4.78 is 6.10. The predicted molar refractivity (Wildman–Crippen MR) is 78.1 cm³/mol. The van der Waals surface area contributed by atoms with Gasteiger partial charge in [0, 0.05) is 32.2 Å². The molecule has 0 unspecified atom stereocenters. The molecule has 3 nitrogen and oxygen atoms in total. The van der Waals surface area contributed by atoms with Crippen molar-refractivity contribution in [1.82, 2.24) is 9.80 Å². The van der Waals surface area contributed by atoms with Gasteiger partial charge in [0.25, 0.3) is 0 Å². The fourth-order valence-electron chi connectivity index (χ4n) is 2.94. The first-order valence-corrected chi connectivity index (χ1v) is 7.75. The minimum absolute atomic E-state index is 0.180. The third kappa shape index (κ3) is 3.94. The lowest BCUT2D eigenvalue weighted by molar-refractivity contribution is -0.136. The molecule has 0 radical (unpaired) electrons. The molecule has 108 valence electrons. The van der Waals surface area contributed by atoms with Crippen LogP contribution in [0.3, 0.4) is 0 Å². The quantitative estimate of drug-likeness (QED) is 0.755. The molecule has 18 heavy (non-hydrogen) atoms. The van der Waals surface area contributed by atoms with Gasteiger partial charge in [0.1, 0.15) is 0 Å². The van der Waals surface area contributed by atoms with Crippen LogP contribution in [0, 0.1) is 0 Å². The Morgan fingerprint density at radius 1 is 1.11 bits per heavy atom. The molecule has 2 rings (SSSR count). The molecule has 0 atom stereocenters. The monoisotopic (exact) mass is 256 g/mol. The Hall–Kier alpha value is -0.120. The van der Waals surface area contributed by atoms with Crippen LogP contribution in [0.2, 0.25) is 0 Å². The highest BCUT2D eigenvalue weighted by Crippen LogP contribution is 2.30. The van der Waals surface area contributed by atoms with Crippen LogP contribution < -0.4 is 0 Å². The van der Waals surface area contributed by atoms with Gasteiger partial charge in [-0.2, -0.15) is 0 Å². The average Bonchev–Trinajstić information content (AvgIpc) is 2.41. The fraction of sp³-hybridized carbons (Fsp3) is 1.00. The zero-order chi connectivity index (χ0) is 13.6. The molecule has 0 N–H and O–H groups in total. The number of likely N-dealkylation sites (N-methyl/N-ethyl adjacent to an activating group) is 1. The van der Waals surface area contributed by atoms with Crippen LogP contribution in [0.15, 0.2) is 0 Å². The smallest absolute Gasteiger partial charge is 0.0833 e. The molecule has 0 aromatic rings. The van der Waals surface area contributed by atoms with Crippen molar-refractivity contribution in [2.75, 3.05) is 39.3 Å². The Kier molecular flexibility index (Phi) is 6.61. The Bertz CT molecular complexity index is 223. The molecule has 0 bridgehead atoms. The van der Waals surface area contributed by atoms with Gasteiger partial charge in [-0.15, -0.1) is 0 Å². The van der Waals surface area contributed by atoms with Crippen molar-refractivity contribution in [2.45, 2.75) is 59.1 Å². The van der Waals surface area contributed by atoms with Crippen molar-refractivity contribution in [2.24, 2.45) is 0 Å². The largest absolute Gasteiger partial charge is 0.372 e. The molecule has 2 aliphatic heterocycles. The van der Waals surface area contributed by atoms with Gasteiger partial charge >= 0.3 is 0 Å². The average molecular weight is 256 g/mol. The minimum atomic E-state index is 0.180. The molecule has 0 aromatic heterocycles. The number of likely N-dealkylation sites (tertiary alicyclic amines) is 1. The maximum atomic E-state index is 6.10. The van der Waals surface area contributed by atoms with E-state index in [0.29, 0.717) is 6.04 Å². The maximum absolute atomic E-state index is 6.10. The molecule has 3 heteroatoms. The Morgan fingerprint density at radius 3 is 2.22 bits per heavy atom. The van der Waals surface area contributed by atoms with Crippen LogP contribution >= 0.6 is 0 Å².